The van der Waals surface area contributed by atoms with Crippen molar-refractivity contribution in [3.8, 4) is 0 Å². The van der Waals surface area contributed by atoms with Crippen molar-refractivity contribution >= 4 is 36.6 Å². The summed E-state index contributed by atoms with van der Waals surface area (Å²) in [6.07, 6.45) is 4.60. The number of thioether (sulfide) groups is 1. The number of hydrogen-bond acceptors (Lipinski definition) is 3. The molecule has 0 saturated carbocycles. The lowest BCUT2D eigenvalue weighted by Crippen LogP contribution is -2.45. The monoisotopic (exact) mass is 418 g/mol. The summed E-state index contributed by atoms with van der Waals surface area (Å²) in [6.45, 7) is 6.13. The molecule has 0 aliphatic carbocycles. The van der Waals surface area contributed by atoms with E-state index in [0.717, 1.165) is 44.6 Å². The van der Waals surface area contributed by atoms with Gasteiger partial charge in [-0.25, -0.2) is 0 Å². The van der Waals surface area contributed by atoms with Gasteiger partial charge in [0.2, 0.25) is 0 Å². The Labute approximate surface area is 165 Å². The Balaban J connectivity index is 0.00000288. The van der Waals surface area contributed by atoms with E-state index in [-0.39, 0.29) is 41.5 Å². The Kier molecular flexibility index (Phi) is 12.2. The Morgan fingerprint density at radius 1 is 1.08 bits per heavy atom. The van der Waals surface area contributed by atoms with E-state index in [1.54, 1.807) is 12.1 Å². The fraction of sp³-hybridized carbons (Fsp3) is 0.647. The summed E-state index contributed by atoms with van der Waals surface area (Å²) in [5, 5.41) is 3.35. The zero-order chi connectivity index (χ0) is 16.7. The van der Waals surface area contributed by atoms with E-state index in [9.17, 15) is 13.2 Å². The average Bonchev–Trinajstić information content (AvgIpc) is 2.52. The van der Waals surface area contributed by atoms with Gasteiger partial charge in [-0.1, -0.05) is 38.3 Å². The van der Waals surface area contributed by atoms with Crippen LogP contribution < -0.4 is 5.32 Å². The van der Waals surface area contributed by atoms with Crippen molar-refractivity contribution in [2.45, 2.75) is 49.1 Å². The van der Waals surface area contributed by atoms with Gasteiger partial charge in [0.05, 0.1) is 0 Å². The largest absolute Gasteiger partial charge is 0.446 e. The molecule has 2 rings (SSSR count). The normalized spacial score (nSPS) is 16.6. The van der Waals surface area contributed by atoms with Crippen LogP contribution in [0.1, 0.15) is 44.2 Å². The van der Waals surface area contributed by atoms with Gasteiger partial charge in [-0.3, -0.25) is 4.90 Å². The molecule has 146 valence electrons. The maximum absolute atomic E-state index is 12.4. The van der Waals surface area contributed by atoms with Crippen molar-refractivity contribution in [2.24, 2.45) is 0 Å². The minimum atomic E-state index is -4.22. The van der Waals surface area contributed by atoms with Gasteiger partial charge in [0.15, 0.2) is 0 Å². The lowest BCUT2D eigenvalue weighted by atomic mass is 9.98. The van der Waals surface area contributed by atoms with Crippen LogP contribution in [0.15, 0.2) is 29.2 Å². The van der Waals surface area contributed by atoms with Crippen LogP contribution in [0.3, 0.4) is 0 Å². The first-order chi connectivity index (χ1) is 11.0. The summed E-state index contributed by atoms with van der Waals surface area (Å²) in [4.78, 5) is 2.71. The van der Waals surface area contributed by atoms with Gasteiger partial charge in [0.1, 0.15) is 0 Å². The highest BCUT2D eigenvalue weighted by Crippen LogP contribution is 2.37. The topological polar surface area (TPSA) is 15.3 Å². The van der Waals surface area contributed by atoms with Gasteiger partial charge in [-0.15, -0.1) is 24.8 Å². The molecule has 1 aromatic rings. The highest BCUT2D eigenvalue weighted by atomic mass is 35.5. The number of unbranched alkanes of at least 4 members (excludes halogenated alkanes) is 2. The van der Waals surface area contributed by atoms with Crippen molar-refractivity contribution in [3.05, 3.63) is 29.8 Å². The first-order valence-electron chi connectivity index (χ1n) is 8.30. The number of nitrogens with one attached hydrogen (secondary N) is 1. The molecule has 0 bridgehead atoms. The molecule has 0 spiro atoms. The summed E-state index contributed by atoms with van der Waals surface area (Å²) in [5.74, 6) is 0. The Hall–Kier alpha value is -0.140. The molecule has 2 nitrogen and oxygen atoms in total. The molecule has 1 N–H and O–H groups in total. The Morgan fingerprint density at radius 3 is 2.20 bits per heavy atom. The van der Waals surface area contributed by atoms with E-state index in [1.165, 1.54) is 12.8 Å². The molecule has 0 aromatic heterocycles. The first-order valence-corrected chi connectivity index (χ1v) is 9.11. The third kappa shape index (κ3) is 8.87. The van der Waals surface area contributed by atoms with Crippen molar-refractivity contribution in [1.82, 2.24) is 10.2 Å². The van der Waals surface area contributed by atoms with Crippen molar-refractivity contribution < 1.29 is 13.2 Å². The molecular weight excluding hydrogens is 392 g/mol. The van der Waals surface area contributed by atoms with Gasteiger partial charge in [0, 0.05) is 37.1 Å². The SMILES string of the molecule is CCCCC[C@H](c1ccc(SC(F)(F)F)cc1)N1CCNCC1.Cl.Cl. The van der Waals surface area contributed by atoms with E-state index >= 15 is 0 Å². The van der Waals surface area contributed by atoms with E-state index in [0.29, 0.717) is 6.04 Å². The van der Waals surface area contributed by atoms with Gasteiger partial charge in [-0.2, -0.15) is 13.2 Å². The highest BCUT2D eigenvalue weighted by molar-refractivity contribution is 8.00. The smallest absolute Gasteiger partial charge is 0.314 e. The second kappa shape index (κ2) is 12.3. The van der Waals surface area contributed by atoms with Gasteiger partial charge in [0.25, 0.3) is 0 Å². The predicted octanol–water partition coefficient (Wildman–Crippen LogP) is 5.67. The molecule has 0 amide bonds. The van der Waals surface area contributed by atoms with Crippen LogP contribution in [0.4, 0.5) is 13.2 Å². The van der Waals surface area contributed by atoms with Crippen molar-refractivity contribution in [1.29, 1.82) is 0 Å². The van der Waals surface area contributed by atoms with Crippen LogP contribution in [0.5, 0.6) is 0 Å². The van der Waals surface area contributed by atoms with Crippen LogP contribution in [-0.2, 0) is 0 Å². The van der Waals surface area contributed by atoms with E-state index in [1.807, 2.05) is 12.1 Å². The van der Waals surface area contributed by atoms with Crippen LogP contribution in [0.2, 0.25) is 0 Å². The second-order valence-corrected chi connectivity index (χ2v) is 7.05. The van der Waals surface area contributed by atoms with Crippen LogP contribution in [0.25, 0.3) is 0 Å². The molecule has 0 radical (unpaired) electrons. The molecule has 8 heteroatoms. The summed E-state index contributed by atoms with van der Waals surface area (Å²) in [5.41, 5.74) is -3.09. The molecule has 1 saturated heterocycles. The first kappa shape index (κ1) is 24.9. The molecule has 1 aliphatic heterocycles. The lowest BCUT2D eigenvalue weighted by Gasteiger charge is -2.35. The molecule has 25 heavy (non-hydrogen) atoms. The molecule has 1 aromatic carbocycles. The zero-order valence-electron chi connectivity index (χ0n) is 14.3. The maximum Gasteiger partial charge on any atom is 0.446 e. The Bertz CT molecular complexity index is 466. The van der Waals surface area contributed by atoms with Crippen molar-refractivity contribution in [2.75, 3.05) is 26.2 Å². The molecule has 0 unspecified atom stereocenters. The highest BCUT2D eigenvalue weighted by Gasteiger charge is 2.29. The summed E-state index contributed by atoms with van der Waals surface area (Å²) < 4.78 is 37.3. The molecular formula is C17H27Cl2F3N2S. The molecule has 1 atom stereocenters. The number of hydrogen-bond donors (Lipinski definition) is 1. The fourth-order valence-electron chi connectivity index (χ4n) is 3.03. The fourth-order valence-corrected chi connectivity index (χ4v) is 3.57. The average molecular weight is 419 g/mol. The minimum Gasteiger partial charge on any atom is -0.314 e. The molecule has 1 heterocycles. The number of piperazine rings is 1. The number of alkyl halides is 3. The van der Waals surface area contributed by atoms with E-state index in [2.05, 4.69) is 17.1 Å². The predicted molar refractivity (Wildman–Crippen MR) is 104 cm³/mol. The Morgan fingerprint density at radius 2 is 1.68 bits per heavy atom. The standard InChI is InChI=1S/C17H25F3N2S.2ClH/c1-2-3-4-5-16(22-12-10-21-11-13-22)14-6-8-15(9-7-14)23-17(18,19)20;;/h6-9,16,21H,2-5,10-13H2,1H3;2*1H/t16-;;/m1../s1. The third-order valence-corrected chi connectivity index (χ3v) is 4.91. The quantitative estimate of drug-likeness (QED) is 0.453. The summed E-state index contributed by atoms with van der Waals surface area (Å²) in [6, 6.07) is 7.25. The van der Waals surface area contributed by atoms with Gasteiger partial charge < -0.3 is 5.32 Å². The second-order valence-electron chi connectivity index (χ2n) is 5.91. The van der Waals surface area contributed by atoms with E-state index < -0.39 is 5.51 Å². The van der Waals surface area contributed by atoms with Crippen LogP contribution in [0, 0.1) is 0 Å². The number of nitrogens with zero attached hydrogens (tertiary/aromatic N) is 1. The lowest BCUT2D eigenvalue weighted by molar-refractivity contribution is -0.0328. The summed E-state index contributed by atoms with van der Waals surface area (Å²) >= 11 is -0.0454. The third-order valence-electron chi connectivity index (χ3n) is 4.17. The summed E-state index contributed by atoms with van der Waals surface area (Å²) in [7, 11) is 0. The van der Waals surface area contributed by atoms with Gasteiger partial charge >= 0.3 is 5.51 Å². The number of rotatable bonds is 7. The molecule has 1 aliphatic rings. The van der Waals surface area contributed by atoms with Gasteiger partial charge in [-0.05, 0) is 35.9 Å². The van der Waals surface area contributed by atoms with Crippen LogP contribution >= 0.6 is 36.6 Å². The van der Waals surface area contributed by atoms with Crippen molar-refractivity contribution in [3.63, 3.8) is 0 Å². The van der Waals surface area contributed by atoms with E-state index in [4.69, 9.17) is 0 Å². The minimum absolute atomic E-state index is 0. The van der Waals surface area contributed by atoms with Crippen LogP contribution in [-0.4, -0.2) is 36.6 Å². The number of benzene rings is 1. The molecule has 1 fully saturated rings. The maximum atomic E-state index is 12.4. The zero-order valence-corrected chi connectivity index (χ0v) is 16.8. The number of halogens is 5.